The fraction of sp³-hybridized carbons (Fsp3) is 0.318. The number of rotatable bonds is 6. The summed E-state index contributed by atoms with van der Waals surface area (Å²) >= 11 is 17.8. The molecular formula is C22H22Cl3N5O2. The number of carbonyl (C=O) groups is 1. The maximum Gasteiger partial charge on any atom is 0.257 e. The maximum absolute atomic E-state index is 11.8. The number of amides is 1. The van der Waals surface area contributed by atoms with Crippen LogP contribution in [0.4, 0.5) is 11.4 Å². The van der Waals surface area contributed by atoms with Crippen molar-refractivity contribution in [3.63, 3.8) is 0 Å². The van der Waals surface area contributed by atoms with E-state index in [-0.39, 0.29) is 0 Å². The Labute approximate surface area is 201 Å². The zero-order valence-electron chi connectivity index (χ0n) is 17.4. The van der Waals surface area contributed by atoms with Gasteiger partial charge in [0.25, 0.3) is 5.91 Å². The largest absolute Gasteiger partial charge is 0.368 e. The Morgan fingerprint density at radius 2 is 1.97 bits per heavy atom. The highest BCUT2D eigenvalue weighted by Gasteiger charge is 2.22. The molecule has 1 N–H and O–H groups in total. The lowest BCUT2D eigenvalue weighted by molar-refractivity contribution is -0.114. The summed E-state index contributed by atoms with van der Waals surface area (Å²) < 4.78 is 5.60. The quantitative estimate of drug-likeness (QED) is 0.489. The number of likely N-dealkylation sites (N-methyl/N-ethyl adjacent to an activating group) is 1. The van der Waals surface area contributed by atoms with Crippen LogP contribution in [0.25, 0.3) is 22.6 Å². The van der Waals surface area contributed by atoms with Crippen molar-refractivity contribution < 1.29 is 9.32 Å². The van der Waals surface area contributed by atoms with E-state index in [2.05, 4.69) is 38.2 Å². The first kappa shape index (κ1) is 22.9. The van der Waals surface area contributed by atoms with Crippen LogP contribution < -0.4 is 10.2 Å². The molecule has 1 aliphatic heterocycles. The highest BCUT2D eigenvalue weighted by molar-refractivity contribution is 6.54. The lowest BCUT2D eigenvalue weighted by atomic mass is 10.1. The van der Waals surface area contributed by atoms with E-state index >= 15 is 0 Å². The van der Waals surface area contributed by atoms with E-state index in [1.165, 1.54) is 6.20 Å². The molecule has 0 unspecified atom stereocenters. The first-order chi connectivity index (χ1) is 15.5. The van der Waals surface area contributed by atoms with Crippen LogP contribution in [-0.2, 0) is 4.79 Å². The van der Waals surface area contributed by atoms with Gasteiger partial charge in [-0.3, -0.25) is 9.78 Å². The van der Waals surface area contributed by atoms with Gasteiger partial charge >= 0.3 is 0 Å². The van der Waals surface area contributed by atoms with Gasteiger partial charge in [0.05, 0.1) is 16.9 Å². The summed E-state index contributed by atoms with van der Waals surface area (Å²) in [5, 5.41) is 7.48. The van der Waals surface area contributed by atoms with E-state index in [4.69, 9.17) is 39.3 Å². The minimum absolute atomic E-state index is 0.448. The molecule has 168 valence electrons. The Morgan fingerprint density at radius 1 is 1.19 bits per heavy atom. The van der Waals surface area contributed by atoms with Gasteiger partial charge in [0.2, 0.25) is 0 Å². The molecule has 0 bridgehead atoms. The number of aromatic nitrogens is 2. The van der Waals surface area contributed by atoms with Crippen LogP contribution in [0.15, 0.2) is 47.2 Å². The monoisotopic (exact) mass is 493 g/mol. The van der Waals surface area contributed by atoms with Crippen molar-refractivity contribution in [2.75, 3.05) is 42.9 Å². The normalized spacial score (nSPS) is 14.7. The molecule has 0 spiro atoms. The number of hydrogen-bond donors (Lipinski definition) is 1. The first-order valence-corrected chi connectivity index (χ1v) is 11.5. The Hall–Kier alpha value is -2.32. The predicted molar refractivity (Wildman–Crippen MR) is 129 cm³/mol. The molecule has 0 saturated carbocycles. The molecule has 4 rings (SSSR count). The number of piperazine rings is 1. The highest BCUT2D eigenvalue weighted by Crippen LogP contribution is 2.38. The van der Waals surface area contributed by atoms with Crippen molar-refractivity contribution in [1.29, 1.82) is 0 Å². The van der Waals surface area contributed by atoms with Gasteiger partial charge in [0.1, 0.15) is 5.69 Å². The Bertz CT molecular complexity index is 1100. The van der Waals surface area contributed by atoms with Crippen molar-refractivity contribution in [3.05, 3.63) is 47.7 Å². The summed E-state index contributed by atoms with van der Waals surface area (Å²) in [7, 11) is 0. The molecule has 1 saturated heterocycles. The number of anilines is 2. The van der Waals surface area contributed by atoms with Crippen molar-refractivity contribution in [3.8, 4) is 22.6 Å². The smallest absolute Gasteiger partial charge is 0.257 e. The summed E-state index contributed by atoms with van der Waals surface area (Å²) in [5.41, 5.74) is 3.59. The van der Waals surface area contributed by atoms with Gasteiger partial charge in [-0.05, 0) is 24.7 Å². The topological polar surface area (TPSA) is 74.5 Å². The molecule has 1 aromatic carbocycles. The highest BCUT2D eigenvalue weighted by atomic mass is 35.5. The second-order valence-electron chi connectivity index (χ2n) is 7.38. The van der Waals surface area contributed by atoms with Crippen molar-refractivity contribution in [2.45, 2.75) is 11.8 Å². The zero-order valence-corrected chi connectivity index (χ0v) is 19.7. The van der Waals surface area contributed by atoms with Gasteiger partial charge in [0.15, 0.2) is 10.6 Å². The number of hydrogen-bond acceptors (Lipinski definition) is 6. The van der Waals surface area contributed by atoms with E-state index < -0.39 is 10.7 Å². The number of pyridine rings is 1. The average molecular weight is 495 g/mol. The summed E-state index contributed by atoms with van der Waals surface area (Å²) in [6, 6.07) is 9.39. The summed E-state index contributed by atoms with van der Waals surface area (Å²) in [5.74, 6) is -0.0343. The zero-order chi connectivity index (χ0) is 22.7. The molecule has 10 heteroatoms. The van der Waals surface area contributed by atoms with Crippen LogP contribution in [0.2, 0.25) is 5.02 Å². The van der Waals surface area contributed by atoms with E-state index in [0.717, 1.165) is 44.0 Å². The van der Waals surface area contributed by atoms with Gasteiger partial charge in [-0.15, -0.1) is 0 Å². The SMILES string of the molecule is CCN1CCN(c2cccc(Cl)c2-c2cc(-c3cncc(NC(=O)C(Cl)Cl)c3)on2)CC1. The van der Waals surface area contributed by atoms with E-state index in [1.807, 2.05) is 18.2 Å². The van der Waals surface area contributed by atoms with Crippen LogP contribution in [0, 0.1) is 0 Å². The summed E-state index contributed by atoms with van der Waals surface area (Å²) in [6.45, 7) is 7.06. The Morgan fingerprint density at radius 3 is 2.69 bits per heavy atom. The molecule has 7 nitrogen and oxygen atoms in total. The van der Waals surface area contributed by atoms with Crippen molar-refractivity contribution in [1.82, 2.24) is 15.0 Å². The molecule has 1 fully saturated rings. The van der Waals surface area contributed by atoms with Crippen LogP contribution in [-0.4, -0.2) is 58.5 Å². The molecule has 0 aliphatic carbocycles. The third kappa shape index (κ3) is 5.02. The van der Waals surface area contributed by atoms with Gasteiger partial charge in [-0.1, -0.05) is 52.9 Å². The maximum atomic E-state index is 11.8. The van der Waals surface area contributed by atoms with Crippen LogP contribution in [0.5, 0.6) is 0 Å². The average Bonchev–Trinajstić information content (AvgIpc) is 3.29. The van der Waals surface area contributed by atoms with Gasteiger partial charge in [-0.25, -0.2) is 0 Å². The minimum atomic E-state index is -1.17. The molecule has 0 radical (unpaired) electrons. The number of nitrogens with zero attached hydrogens (tertiary/aromatic N) is 4. The third-order valence-corrected chi connectivity index (χ3v) is 6.12. The Kier molecular flexibility index (Phi) is 7.20. The van der Waals surface area contributed by atoms with Crippen LogP contribution in [0.3, 0.4) is 0 Å². The van der Waals surface area contributed by atoms with Crippen LogP contribution >= 0.6 is 34.8 Å². The first-order valence-electron chi connectivity index (χ1n) is 10.2. The molecule has 0 atom stereocenters. The number of halogens is 3. The molecule has 2 aromatic heterocycles. The third-order valence-electron chi connectivity index (χ3n) is 5.41. The lowest BCUT2D eigenvalue weighted by Gasteiger charge is -2.36. The van der Waals surface area contributed by atoms with Gasteiger partial charge < -0.3 is 19.6 Å². The van der Waals surface area contributed by atoms with E-state index in [9.17, 15) is 4.79 Å². The second kappa shape index (κ2) is 10.1. The molecular weight excluding hydrogens is 473 g/mol. The molecule has 1 amide bonds. The van der Waals surface area contributed by atoms with Crippen molar-refractivity contribution >= 4 is 52.1 Å². The molecule has 32 heavy (non-hydrogen) atoms. The Balaban J connectivity index is 1.62. The molecule has 3 heterocycles. The van der Waals surface area contributed by atoms with Gasteiger partial charge in [-0.2, -0.15) is 0 Å². The van der Waals surface area contributed by atoms with Crippen LogP contribution in [0.1, 0.15) is 6.92 Å². The van der Waals surface area contributed by atoms with E-state index in [1.54, 1.807) is 12.3 Å². The molecule has 3 aromatic rings. The summed E-state index contributed by atoms with van der Waals surface area (Å²) in [6.07, 6.45) is 3.12. The fourth-order valence-electron chi connectivity index (χ4n) is 3.70. The fourth-order valence-corrected chi connectivity index (χ4v) is 4.08. The minimum Gasteiger partial charge on any atom is -0.368 e. The standard InChI is InChI=1S/C22H22Cl3N5O2/c1-2-29-6-8-30(9-7-29)18-5-3-4-16(23)20(18)17-11-19(32-28-17)14-10-15(13-26-12-14)27-22(31)21(24)25/h3-5,10-13,21H,2,6-9H2,1H3,(H,27,31). The van der Waals surface area contributed by atoms with E-state index in [0.29, 0.717) is 27.7 Å². The van der Waals surface area contributed by atoms with Gasteiger partial charge in [0, 0.05) is 55.3 Å². The lowest BCUT2D eigenvalue weighted by Crippen LogP contribution is -2.46. The number of carbonyl (C=O) groups excluding carboxylic acids is 1. The predicted octanol–water partition coefficient (Wildman–Crippen LogP) is 4.94. The van der Waals surface area contributed by atoms with Crippen molar-refractivity contribution in [2.24, 2.45) is 0 Å². The number of alkyl halides is 2. The molecule has 1 aliphatic rings. The second-order valence-corrected chi connectivity index (χ2v) is 8.89. The number of benzene rings is 1. The summed E-state index contributed by atoms with van der Waals surface area (Å²) in [4.78, 5) is 19.5. The number of nitrogens with one attached hydrogen (secondary N) is 1.